The topological polar surface area (TPSA) is 111 Å². The van der Waals surface area contributed by atoms with Crippen LogP contribution in [0, 0.1) is 12.8 Å². The Hall–Kier alpha value is -1.92. The van der Waals surface area contributed by atoms with Crippen LogP contribution >= 0.6 is 0 Å². The summed E-state index contributed by atoms with van der Waals surface area (Å²) in [5.41, 5.74) is 12.4. The van der Waals surface area contributed by atoms with Crippen molar-refractivity contribution in [2.75, 3.05) is 0 Å². The Bertz CT molecular complexity index is 504. The largest absolute Gasteiger partial charge is 0.508 e. The minimum absolute atomic E-state index is 0.183. The number of nitrogens with zero attached hydrogens (tertiary/aromatic N) is 2. The molecule has 1 heterocycles. The molecule has 0 bridgehead atoms. The fraction of sp³-hybridized carbons (Fsp3) is 0.467. The maximum atomic E-state index is 8.76. The van der Waals surface area contributed by atoms with Crippen molar-refractivity contribution in [2.45, 2.75) is 39.8 Å². The maximum Gasteiger partial charge on any atom is 0.233 e. The third-order valence-corrected chi connectivity index (χ3v) is 3.23. The first kappa shape index (κ1) is 17.1. The third-order valence-electron chi connectivity index (χ3n) is 3.23. The van der Waals surface area contributed by atoms with Gasteiger partial charge < -0.3 is 21.0 Å². The Labute approximate surface area is 125 Å². The van der Waals surface area contributed by atoms with Crippen molar-refractivity contribution in [3.8, 4) is 5.75 Å². The molecule has 116 valence electrons. The summed E-state index contributed by atoms with van der Waals surface area (Å²) in [6.07, 6.45) is 0.988. The van der Waals surface area contributed by atoms with Gasteiger partial charge in [0.2, 0.25) is 11.8 Å². The average Bonchev–Trinajstić information content (AvgIpc) is 2.98. The number of phenolic OH excluding ortho intramolecular Hbond substituents is 1. The van der Waals surface area contributed by atoms with Crippen LogP contribution in [0.5, 0.6) is 5.75 Å². The number of aryl methyl sites for hydroxylation is 1. The van der Waals surface area contributed by atoms with Crippen molar-refractivity contribution in [3.63, 3.8) is 0 Å². The van der Waals surface area contributed by atoms with E-state index < -0.39 is 0 Å². The number of hydrogen-bond donors (Lipinski definition) is 3. The molecular weight excluding hydrogens is 268 g/mol. The summed E-state index contributed by atoms with van der Waals surface area (Å²) in [6, 6.07) is 6.91. The number of aromatic hydroxyl groups is 1. The lowest BCUT2D eigenvalue weighted by molar-refractivity contribution is 0.351. The monoisotopic (exact) mass is 292 g/mol. The summed E-state index contributed by atoms with van der Waals surface area (Å²) in [4.78, 5) is 0. The molecule has 0 amide bonds. The van der Waals surface area contributed by atoms with Crippen molar-refractivity contribution in [3.05, 3.63) is 41.6 Å². The number of benzene rings is 1. The lowest BCUT2D eigenvalue weighted by Gasteiger charge is -2.13. The smallest absolute Gasteiger partial charge is 0.233 e. The molecule has 2 rings (SSSR count). The Kier molecular flexibility index (Phi) is 6.84. The first-order valence-corrected chi connectivity index (χ1v) is 7.01. The number of nitrogens with two attached hydrogens (primary N) is 2. The molecule has 6 nitrogen and oxygen atoms in total. The Morgan fingerprint density at radius 2 is 1.86 bits per heavy atom. The maximum absolute atomic E-state index is 8.76. The van der Waals surface area contributed by atoms with E-state index in [-0.39, 0.29) is 12.6 Å². The van der Waals surface area contributed by atoms with Gasteiger partial charge in [-0.1, -0.05) is 38.0 Å². The second-order valence-electron chi connectivity index (χ2n) is 4.99. The van der Waals surface area contributed by atoms with Gasteiger partial charge in [-0.2, -0.15) is 0 Å². The molecule has 6 heteroatoms. The third kappa shape index (κ3) is 5.53. The van der Waals surface area contributed by atoms with Crippen LogP contribution in [0.1, 0.15) is 43.7 Å². The van der Waals surface area contributed by atoms with Crippen LogP contribution in [0.25, 0.3) is 0 Å². The van der Waals surface area contributed by atoms with Gasteiger partial charge >= 0.3 is 0 Å². The number of phenols is 1. The van der Waals surface area contributed by atoms with Gasteiger partial charge in [-0.25, -0.2) is 0 Å². The van der Waals surface area contributed by atoms with E-state index in [1.807, 2.05) is 19.1 Å². The standard InChI is InChI=1S/C8H16N4O.C7H8O/c1-3-5(2)7(10)8-12-11-6(4-9)13-8;1-6-2-4-7(8)5-3-6/h5,7H,3-4,9-10H2,1-2H3;2-5,8H,1H3. The van der Waals surface area contributed by atoms with Crippen LogP contribution in [-0.2, 0) is 6.54 Å². The van der Waals surface area contributed by atoms with Crippen LogP contribution in [0.3, 0.4) is 0 Å². The highest BCUT2D eigenvalue weighted by Crippen LogP contribution is 2.20. The first-order valence-electron chi connectivity index (χ1n) is 7.01. The molecule has 0 spiro atoms. The molecule has 0 saturated heterocycles. The molecule has 0 radical (unpaired) electrons. The molecule has 0 fully saturated rings. The van der Waals surface area contributed by atoms with Gasteiger partial charge in [0.15, 0.2) is 0 Å². The fourth-order valence-corrected chi connectivity index (χ4v) is 1.53. The zero-order chi connectivity index (χ0) is 15.8. The predicted molar refractivity (Wildman–Crippen MR) is 81.4 cm³/mol. The highest BCUT2D eigenvalue weighted by atomic mass is 16.4. The van der Waals surface area contributed by atoms with E-state index in [9.17, 15) is 0 Å². The molecule has 21 heavy (non-hydrogen) atoms. The predicted octanol–water partition coefficient (Wildman–Crippen LogP) is 2.27. The molecule has 2 aromatic rings. The van der Waals surface area contributed by atoms with E-state index >= 15 is 0 Å². The van der Waals surface area contributed by atoms with Gasteiger partial charge in [0, 0.05) is 0 Å². The molecule has 0 aliphatic heterocycles. The van der Waals surface area contributed by atoms with Gasteiger partial charge in [-0.15, -0.1) is 10.2 Å². The Morgan fingerprint density at radius 3 is 2.29 bits per heavy atom. The molecule has 0 aliphatic carbocycles. The molecule has 0 aliphatic rings. The second-order valence-corrected chi connectivity index (χ2v) is 4.99. The Balaban J connectivity index is 0.000000235. The zero-order valence-corrected chi connectivity index (χ0v) is 12.8. The molecule has 0 saturated carbocycles. The lowest BCUT2D eigenvalue weighted by atomic mass is 10.0. The normalized spacial score (nSPS) is 13.2. The number of aromatic nitrogens is 2. The molecular formula is C15H24N4O2. The van der Waals surface area contributed by atoms with Crippen LogP contribution < -0.4 is 11.5 Å². The van der Waals surface area contributed by atoms with E-state index in [4.69, 9.17) is 21.0 Å². The number of hydrogen-bond acceptors (Lipinski definition) is 6. The van der Waals surface area contributed by atoms with Gasteiger partial charge in [-0.3, -0.25) is 0 Å². The second kappa shape index (κ2) is 8.39. The first-order chi connectivity index (χ1) is 9.97. The molecule has 5 N–H and O–H groups in total. The van der Waals surface area contributed by atoms with Crippen molar-refractivity contribution >= 4 is 0 Å². The van der Waals surface area contributed by atoms with Crippen molar-refractivity contribution in [1.29, 1.82) is 0 Å². The van der Waals surface area contributed by atoms with Crippen molar-refractivity contribution in [1.82, 2.24) is 10.2 Å². The summed E-state index contributed by atoms with van der Waals surface area (Å²) >= 11 is 0. The van der Waals surface area contributed by atoms with Crippen molar-refractivity contribution in [2.24, 2.45) is 17.4 Å². The van der Waals surface area contributed by atoms with E-state index in [0.29, 0.717) is 23.4 Å². The molecule has 2 atom stereocenters. The van der Waals surface area contributed by atoms with Gasteiger partial charge in [0.25, 0.3) is 0 Å². The van der Waals surface area contributed by atoms with Crippen LogP contribution in [0.2, 0.25) is 0 Å². The van der Waals surface area contributed by atoms with E-state index in [1.54, 1.807) is 12.1 Å². The molecule has 2 unspecified atom stereocenters. The van der Waals surface area contributed by atoms with Crippen LogP contribution in [0.4, 0.5) is 0 Å². The van der Waals surface area contributed by atoms with Gasteiger partial charge in [-0.05, 0) is 25.0 Å². The Morgan fingerprint density at radius 1 is 1.24 bits per heavy atom. The quantitative estimate of drug-likeness (QED) is 0.797. The molecule has 1 aromatic heterocycles. The van der Waals surface area contributed by atoms with E-state index in [1.165, 1.54) is 5.56 Å². The van der Waals surface area contributed by atoms with Crippen molar-refractivity contribution < 1.29 is 9.52 Å². The highest BCUT2D eigenvalue weighted by molar-refractivity contribution is 5.24. The summed E-state index contributed by atoms with van der Waals surface area (Å²) in [5.74, 6) is 1.59. The van der Waals surface area contributed by atoms with E-state index in [0.717, 1.165) is 6.42 Å². The SMILES string of the molecule is CCC(C)C(N)c1nnc(CN)o1.Cc1ccc(O)cc1. The highest BCUT2D eigenvalue weighted by Gasteiger charge is 2.19. The van der Waals surface area contributed by atoms with E-state index in [2.05, 4.69) is 24.0 Å². The summed E-state index contributed by atoms with van der Waals surface area (Å²) in [7, 11) is 0. The zero-order valence-electron chi connectivity index (χ0n) is 12.8. The molecule has 1 aromatic carbocycles. The minimum Gasteiger partial charge on any atom is -0.508 e. The van der Waals surface area contributed by atoms with Gasteiger partial charge in [0.05, 0.1) is 12.6 Å². The van der Waals surface area contributed by atoms with Gasteiger partial charge in [0.1, 0.15) is 5.75 Å². The van der Waals surface area contributed by atoms with Crippen LogP contribution in [-0.4, -0.2) is 15.3 Å². The minimum atomic E-state index is -0.183. The lowest BCUT2D eigenvalue weighted by Crippen LogP contribution is -2.18. The summed E-state index contributed by atoms with van der Waals surface area (Å²) < 4.78 is 5.25. The summed E-state index contributed by atoms with van der Waals surface area (Å²) in [5, 5.41) is 16.3. The fourth-order valence-electron chi connectivity index (χ4n) is 1.53. The van der Waals surface area contributed by atoms with Crippen LogP contribution in [0.15, 0.2) is 28.7 Å². The average molecular weight is 292 g/mol. The number of rotatable bonds is 4. The summed E-state index contributed by atoms with van der Waals surface area (Å²) in [6.45, 7) is 6.38.